The van der Waals surface area contributed by atoms with Gasteiger partial charge in [0.15, 0.2) is 0 Å². The summed E-state index contributed by atoms with van der Waals surface area (Å²) in [5, 5.41) is 15.1. The molecule has 0 aliphatic carbocycles. The fourth-order valence-corrected chi connectivity index (χ4v) is 4.18. The number of hydrogen-bond acceptors (Lipinski definition) is 5. The number of nitrogens with zero attached hydrogens (tertiary/aromatic N) is 4. The Morgan fingerprint density at radius 2 is 2.08 bits per heavy atom. The summed E-state index contributed by atoms with van der Waals surface area (Å²) in [7, 11) is 0. The summed E-state index contributed by atoms with van der Waals surface area (Å²) in [4.78, 5) is 4.76. The van der Waals surface area contributed by atoms with Crippen LogP contribution in [-0.2, 0) is 11.3 Å². The number of rotatable bonds is 4. The van der Waals surface area contributed by atoms with Crippen molar-refractivity contribution in [3.05, 3.63) is 47.8 Å². The minimum Gasteiger partial charge on any atom is -0.390 e. The van der Waals surface area contributed by atoms with E-state index in [1.807, 2.05) is 16.9 Å². The first-order valence-corrected chi connectivity index (χ1v) is 9.52. The lowest BCUT2D eigenvalue weighted by atomic mass is 9.98. The summed E-state index contributed by atoms with van der Waals surface area (Å²) >= 11 is 0. The Hall–Kier alpha value is -1.73. The zero-order chi connectivity index (χ0) is 17.9. The number of aliphatic hydroxyl groups excluding tert-OH is 1. The van der Waals surface area contributed by atoms with E-state index in [0.29, 0.717) is 6.54 Å². The van der Waals surface area contributed by atoms with Gasteiger partial charge in [0, 0.05) is 51.2 Å². The van der Waals surface area contributed by atoms with Crippen LogP contribution in [0.4, 0.5) is 0 Å². The highest BCUT2D eigenvalue weighted by Gasteiger charge is 2.33. The molecule has 2 aliphatic rings. The van der Waals surface area contributed by atoms with Gasteiger partial charge in [-0.25, -0.2) is 4.68 Å². The lowest BCUT2D eigenvalue weighted by Crippen LogP contribution is -2.56. The van der Waals surface area contributed by atoms with Crippen LogP contribution in [0.1, 0.15) is 17.5 Å². The SMILES string of the molecule is Cc1ccc(-n2cccn2)c(CN2CC[C@@H](N3CCOCC3)[C@H](O)C2)c1. The fourth-order valence-electron chi connectivity index (χ4n) is 4.18. The van der Waals surface area contributed by atoms with Crippen molar-refractivity contribution in [2.24, 2.45) is 0 Å². The average Bonchev–Trinajstić information content (AvgIpc) is 3.17. The van der Waals surface area contributed by atoms with Crippen molar-refractivity contribution < 1.29 is 9.84 Å². The Morgan fingerprint density at radius 1 is 1.23 bits per heavy atom. The summed E-state index contributed by atoms with van der Waals surface area (Å²) in [5.41, 5.74) is 3.62. The Morgan fingerprint density at radius 3 is 2.81 bits per heavy atom. The lowest BCUT2D eigenvalue weighted by molar-refractivity contribution is -0.0534. The first kappa shape index (κ1) is 17.7. The van der Waals surface area contributed by atoms with Crippen molar-refractivity contribution in [3.8, 4) is 5.69 Å². The molecule has 0 amide bonds. The third kappa shape index (κ3) is 3.83. The molecule has 140 valence electrons. The number of hydrogen-bond donors (Lipinski definition) is 1. The first-order chi connectivity index (χ1) is 12.7. The van der Waals surface area contributed by atoms with Crippen molar-refractivity contribution in [1.82, 2.24) is 19.6 Å². The topological polar surface area (TPSA) is 53.8 Å². The van der Waals surface area contributed by atoms with Gasteiger partial charge < -0.3 is 9.84 Å². The molecule has 2 saturated heterocycles. The van der Waals surface area contributed by atoms with E-state index in [1.54, 1.807) is 6.20 Å². The standard InChI is InChI=1S/C20H28N4O2/c1-16-3-4-18(24-7-2-6-21-24)17(13-16)14-22-8-5-19(20(25)15-22)23-9-11-26-12-10-23/h2-4,6-7,13,19-20,25H,5,8-12,14-15H2,1H3/t19-,20-/m1/s1. The van der Waals surface area contributed by atoms with E-state index in [-0.39, 0.29) is 12.1 Å². The molecule has 0 saturated carbocycles. The molecule has 2 aromatic rings. The number of aryl methyl sites for hydroxylation is 1. The van der Waals surface area contributed by atoms with E-state index >= 15 is 0 Å². The second-order valence-electron chi connectivity index (χ2n) is 7.39. The number of benzene rings is 1. The summed E-state index contributed by atoms with van der Waals surface area (Å²) in [6, 6.07) is 8.70. The highest BCUT2D eigenvalue weighted by atomic mass is 16.5. The van der Waals surface area contributed by atoms with Crippen LogP contribution in [0.3, 0.4) is 0 Å². The highest BCUT2D eigenvalue weighted by Crippen LogP contribution is 2.23. The third-order valence-corrected chi connectivity index (χ3v) is 5.53. The van der Waals surface area contributed by atoms with Crippen molar-refractivity contribution in [2.45, 2.75) is 32.0 Å². The number of aliphatic hydroxyl groups is 1. The van der Waals surface area contributed by atoms with Crippen LogP contribution in [0.15, 0.2) is 36.7 Å². The van der Waals surface area contributed by atoms with Crippen LogP contribution < -0.4 is 0 Å². The van der Waals surface area contributed by atoms with E-state index < -0.39 is 0 Å². The monoisotopic (exact) mass is 356 g/mol. The summed E-state index contributed by atoms with van der Waals surface area (Å²) < 4.78 is 7.37. The molecule has 0 spiro atoms. The van der Waals surface area contributed by atoms with Gasteiger partial charge in [-0.15, -0.1) is 0 Å². The molecule has 6 nitrogen and oxygen atoms in total. The highest BCUT2D eigenvalue weighted by molar-refractivity contribution is 5.42. The lowest BCUT2D eigenvalue weighted by Gasteiger charge is -2.43. The maximum atomic E-state index is 10.7. The second-order valence-corrected chi connectivity index (χ2v) is 7.39. The van der Waals surface area contributed by atoms with E-state index in [9.17, 15) is 5.11 Å². The molecule has 2 atom stereocenters. The number of likely N-dealkylation sites (tertiary alicyclic amines) is 1. The number of β-amino-alcohol motifs (C(OH)–C–C–N with tert-alkyl or cyclic N) is 1. The molecule has 2 aliphatic heterocycles. The predicted molar refractivity (Wildman–Crippen MR) is 100 cm³/mol. The van der Waals surface area contributed by atoms with Gasteiger partial charge in [0.25, 0.3) is 0 Å². The normalized spacial score (nSPS) is 25.5. The molecule has 2 fully saturated rings. The number of ether oxygens (including phenoxy) is 1. The smallest absolute Gasteiger partial charge is 0.0822 e. The molecule has 3 heterocycles. The largest absolute Gasteiger partial charge is 0.390 e. The first-order valence-electron chi connectivity index (χ1n) is 9.52. The molecule has 26 heavy (non-hydrogen) atoms. The summed E-state index contributed by atoms with van der Waals surface area (Å²) in [6.07, 6.45) is 4.48. The Balaban J connectivity index is 1.45. The number of aromatic nitrogens is 2. The van der Waals surface area contributed by atoms with Crippen LogP contribution >= 0.6 is 0 Å². The molecule has 0 bridgehead atoms. The fraction of sp³-hybridized carbons (Fsp3) is 0.550. The van der Waals surface area contributed by atoms with Crippen LogP contribution in [0.25, 0.3) is 5.69 Å². The Kier molecular flexibility index (Phi) is 5.36. The molecular weight excluding hydrogens is 328 g/mol. The molecule has 1 aromatic carbocycles. The van der Waals surface area contributed by atoms with Crippen molar-refractivity contribution in [2.75, 3.05) is 39.4 Å². The molecular formula is C20H28N4O2. The van der Waals surface area contributed by atoms with E-state index in [0.717, 1.165) is 51.5 Å². The minimum absolute atomic E-state index is 0.262. The maximum Gasteiger partial charge on any atom is 0.0822 e. The van der Waals surface area contributed by atoms with Crippen molar-refractivity contribution in [1.29, 1.82) is 0 Å². The van der Waals surface area contributed by atoms with Gasteiger partial charge in [-0.2, -0.15) is 5.10 Å². The number of piperidine rings is 1. The zero-order valence-electron chi connectivity index (χ0n) is 15.4. The van der Waals surface area contributed by atoms with E-state index in [1.165, 1.54) is 11.1 Å². The van der Waals surface area contributed by atoms with Crippen molar-refractivity contribution >= 4 is 0 Å². The van der Waals surface area contributed by atoms with Crippen LogP contribution in [-0.4, -0.2) is 76.2 Å². The van der Waals surface area contributed by atoms with Gasteiger partial charge in [0.05, 0.1) is 25.0 Å². The van der Waals surface area contributed by atoms with Gasteiger partial charge in [-0.05, 0) is 31.0 Å². The van der Waals surface area contributed by atoms with Gasteiger partial charge in [-0.3, -0.25) is 9.80 Å². The minimum atomic E-state index is -0.306. The van der Waals surface area contributed by atoms with Gasteiger partial charge in [-0.1, -0.05) is 17.7 Å². The molecule has 4 rings (SSSR count). The maximum absolute atomic E-state index is 10.7. The number of morpholine rings is 1. The van der Waals surface area contributed by atoms with Crippen LogP contribution in [0.5, 0.6) is 0 Å². The van der Waals surface area contributed by atoms with E-state index in [2.05, 4.69) is 40.0 Å². The van der Waals surface area contributed by atoms with Gasteiger partial charge in [0.2, 0.25) is 0 Å². The average molecular weight is 356 g/mol. The molecule has 6 heteroatoms. The molecule has 0 unspecified atom stereocenters. The predicted octanol–water partition coefficient (Wildman–Crippen LogP) is 1.45. The summed E-state index contributed by atoms with van der Waals surface area (Å²) in [5.74, 6) is 0. The van der Waals surface area contributed by atoms with Gasteiger partial charge in [0.1, 0.15) is 0 Å². The van der Waals surface area contributed by atoms with Gasteiger partial charge >= 0.3 is 0 Å². The molecule has 0 radical (unpaired) electrons. The van der Waals surface area contributed by atoms with Crippen LogP contribution in [0, 0.1) is 6.92 Å². The zero-order valence-corrected chi connectivity index (χ0v) is 15.4. The molecule has 1 aromatic heterocycles. The third-order valence-electron chi connectivity index (χ3n) is 5.53. The molecule has 1 N–H and O–H groups in total. The van der Waals surface area contributed by atoms with Crippen LogP contribution in [0.2, 0.25) is 0 Å². The second kappa shape index (κ2) is 7.88. The quantitative estimate of drug-likeness (QED) is 0.899. The van der Waals surface area contributed by atoms with E-state index in [4.69, 9.17) is 4.74 Å². The Bertz CT molecular complexity index is 713. The summed E-state index contributed by atoms with van der Waals surface area (Å²) in [6.45, 7) is 8.11. The Labute approximate surface area is 155 Å². The van der Waals surface area contributed by atoms with Crippen molar-refractivity contribution in [3.63, 3.8) is 0 Å².